The number of benzene rings is 1. The van der Waals surface area contributed by atoms with E-state index in [1.807, 2.05) is 0 Å². The van der Waals surface area contributed by atoms with E-state index in [1.54, 1.807) is 6.07 Å². The minimum Gasteiger partial charge on any atom is -0.206 e. The predicted molar refractivity (Wildman–Crippen MR) is 30.2 cm³/mol. The molecule has 0 amide bonds. The van der Waals surface area contributed by atoms with Crippen molar-refractivity contribution >= 4 is 0 Å². The van der Waals surface area contributed by atoms with Gasteiger partial charge in [-0.15, -0.1) is 0 Å². The molecule has 0 nitrogen and oxygen atoms in total. The van der Waals surface area contributed by atoms with Crippen LogP contribution in [0.4, 0.5) is 22.0 Å². The van der Waals surface area contributed by atoms with Crippen LogP contribution >= 0.6 is 0 Å². The molecule has 0 aromatic heterocycles. The van der Waals surface area contributed by atoms with Gasteiger partial charge >= 0.3 is 6.18 Å². The van der Waals surface area contributed by atoms with Gasteiger partial charge in [0.05, 0.1) is 0 Å². The van der Waals surface area contributed by atoms with E-state index in [-0.39, 0.29) is 0 Å². The van der Waals surface area contributed by atoms with Crippen molar-refractivity contribution in [1.29, 1.82) is 0 Å². The minimum atomic E-state index is -5.01. The molecule has 0 bridgehead atoms. The molecule has 1 radical (unpaired) electrons. The molecule has 1 rings (SSSR count). The summed E-state index contributed by atoms with van der Waals surface area (Å²) in [6.07, 6.45) is -5.01. The highest BCUT2D eigenvalue weighted by Gasteiger charge is 2.37. The van der Waals surface area contributed by atoms with Gasteiger partial charge in [0.25, 0.3) is 0 Å². The largest absolute Gasteiger partial charge is 0.422 e. The Morgan fingerprint density at radius 2 is 1.75 bits per heavy atom. The monoisotopic (exact) mass is 181 g/mol. The summed E-state index contributed by atoms with van der Waals surface area (Å²) in [7, 11) is 0. The van der Waals surface area contributed by atoms with E-state index in [9.17, 15) is 22.0 Å². The maximum atomic E-state index is 12.4. The number of hydrogen-bond donors (Lipinski definition) is 0. The highest BCUT2D eigenvalue weighted by molar-refractivity contribution is 5.21. The van der Waals surface area contributed by atoms with Crippen molar-refractivity contribution < 1.29 is 22.0 Å². The lowest BCUT2D eigenvalue weighted by Gasteiger charge is -2.07. The molecule has 0 heterocycles. The molecule has 65 valence electrons. The van der Waals surface area contributed by atoms with Crippen molar-refractivity contribution in [2.24, 2.45) is 0 Å². The minimum absolute atomic E-state index is 0.506. The molecular formula is C7H2F5. The predicted octanol–water partition coefficient (Wildman–Crippen LogP) is 2.78. The van der Waals surface area contributed by atoms with Crippen LogP contribution < -0.4 is 0 Å². The lowest BCUT2D eigenvalue weighted by molar-refractivity contribution is -0.142. The summed E-state index contributed by atoms with van der Waals surface area (Å²) in [5, 5.41) is 0. The Labute approximate surface area is 64.6 Å². The molecule has 0 spiro atoms. The Morgan fingerprint density at radius 1 is 1.17 bits per heavy atom. The van der Waals surface area contributed by atoms with Crippen molar-refractivity contribution in [3.05, 3.63) is 35.4 Å². The van der Waals surface area contributed by atoms with Crippen LogP contribution in [0.3, 0.4) is 0 Å². The second-order valence-electron chi connectivity index (χ2n) is 2.01. The third-order valence-corrected chi connectivity index (χ3v) is 1.18. The highest BCUT2D eigenvalue weighted by atomic mass is 19.4. The summed E-state index contributed by atoms with van der Waals surface area (Å²) in [6, 6.07) is 2.88. The summed E-state index contributed by atoms with van der Waals surface area (Å²) in [6.45, 7) is 0. The number of rotatable bonds is 0. The van der Waals surface area contributed by atoms with Crippen LogP contribution in [0.2, 0.25) is 0 Å². The van der Waals surface area contributed by atoms with E-state index in [0.29, 0.717) is 6.07 Å². The van der Waals surface area contributed by atoms with E-state index in [0.717, 1.165) is 6.07 Å². The molecule has 0 aliphatic heterocycles. The Bertz CT molecular complexity index is 268. The normalized spacial score (nSPS) is 11.8. The second kappa shape index (κ2) is 2.73. The zero-order valence-electron chi connectivity index (χ0n) is 5.54. The smallest absolute Gasteiger partial charge is 0.206 e. The van der Waals surface area contributed by atoms with Gasteiger partial charge in [0.1, 0.15) is 17.2 Å². The number of halogens is 5. The quantitative estimate of drug-likeness (QED) is 0.540. The molecule has 1 aromatic rings. The van der Waals surface area contributed by atoms with Gasteiger partial charge in [-0.3, -0.25) is 0 Å². The van der Waals surface area contributed by atoms with E-state index in [1.165, 1.54) is 0 Å². The topological polar surface area (TPSA) is 0 Å². The molecular weight excluding hydrogens is 179 g/mol. The third kappa shape index (κ3) is 1.54. The number of alkyl halides is 3. The maximum Gasteiger partial charge on any atom is 0.422 e. The van der Waals surface area contributed by atoms with Crippen molar-refractivity contribution in [3.63, 3.8) is 0 Å². The fourth-order valence-electron chi connectivity index (χ4n) is 0.708. The van der Waals surface area contributed by atoms with Crippen LogP contribution in [-0.4, -0.2) is 0 Å². The molecule has 1 aromatic carbocycles. The van der Waals surface area contributed by atoms with Crippen LogP contribution in [0, 0.1) is 17.7 Å². The van der Waals surface area contributed by atoms with Gasteiger partial charge in [0, 0.05) is 6.07 Å². The molecule has 0 fully saturated rings. The van der Waals surface area contributed by atoms with Crippen LogP contribution in [-0.2, 0) is 6.18 Å². The summed E-state index contributed by atoms with van der Waals surface area (Å²) < 4.78 is 60.1. The first-order chi connectivity index (χ1) is 5.43. The van der Waals surface area contributed by atoms with Gasteiger partial charge in [-0.05, 0) is 12.1 Å². The number of hydrogen-bond acceptors (Lipinski definition) is 0. The zero-order valence-corrected chi connectivity index (χ0v) is 5.54. The average molecular weight is 181 g/mol. The Balaban J connectivity index is 3.31. The summed E-state index contributed by atoms with van der Waals surface area (Å²) in [5.74, 6) is -3.35. The summed E-state index contributed by atoms with van der Waals surface area (Å²) >= 11 is 0. The molecule has 0 unspecified atom stereocenters. The molecule has 0 aliphatic rings. The molecule has 0 saturated heterocycles. The lowest BCUT2D eigenvalue weighted by atomic mass is 10.2. The van der Waals surface area contributed by atoms with Gasteiger partial charge in [-0.25, -0.2) is 8.78 Å². The van der Waals surface area contributed by atoms with Gasteiger partial charge in [0.2, 0.25) is 0 Å². The maximum absolute atomic E-state index is 12.4. The first-order valence-electron chi connectivity index (χ1n) is 2.86. The molecule has 0 saturated carbocycles. The Kier molecular flexibility index (Phi) is 2.04. The zero-order chi connectivity index (χ0) is 9.35. The molecule has 12 heavy (non-hydrogen) atoms. The van der Waals surface area contributed by atoms with Crippen molar-refractivity contribution in [2.75, 3.05) is 0 Å². The molecule has 0 N–H and O–H groups in total. The highest BCUT2D eigenvalue weighted by Crippen LogP contribution is 2.32. The third-order valence-electron chi connectivity index (χ3n) is 1.18. The summed E-state index contributed by atoms with van der Waals surface area (Å²) in [4.78, 5) is 0. The first-order valence-corrected chi connectivity index (χ1v) is 2.86. The lowest BCUT2D eigenvalue weighted by Crippen LogP contribution is -2.10. The molecule has 0 aliphatic carbocycles. The van der Waals surface area contributed by atoms with E-state index < -0.39 is 23.4 Å². The first kappa shape index (κ1) is 8.96. The van der Waals surface area contributed by atoms with Crippen LogP contribution in [0.25, 0.3) is 0 Å². The van der Waals surface area contributed by atoms with E-state index in [2.05, 4.69) is 0 Å². The van der Waals surface area contributed by atoms with Gasteiger partial charge in [0.15, 0.2) is 0 Å². The Morgan fingerprint density at radius 3 is 2.08 bits per heavy atom. The van der Waals surface area contributed by atoms with E-state index in [4.69, 9.17) is 0 Å². The fraction of sp³-hybridized carbons (Fsp3) is 0.143. The Hall–Kier alpha value is -1.13. The standard InChI is InChI=1S/C7H2F5/c8-4-2-1-3-5(9)6(4)7(10,11)12/h1-2H. The molecule has 0 atom stereocenters. The van der Waals surface area contributed by atoms with Gasteiger partial charge in [-0.1, -0.05) is 0 Å². The SMILES string of the molecule is Fc1[c]ccc(F)c1C(F)(F)F. The van der Waals surface area contributed by atoms with E-state index >= 15 is 0 Å². The van der Waals surface area contributed by atoms with Crippen molar-refractivity contribution in [1.82, 2.24) is 0 Å². The summed E-state index contributed by atoms with van der Waals surface area (Å²) in [5.41, 5.74) is -1.90. The van der Waals surface area contributed by atoms with Crippen molar-refractivity contribution in [3.8, 4) is 0 Å². The fourth-order valence-corrected chi connectivity index (χ4v) is 0.708. The van der Waals surface area contributed by atoms with Gasteiger partial charge < -0.3 is 0 Å². The van der Waals surface area contributed by atoms with Crippen LogP contribution in [0.15, 0.2) is 12.1 Å². The second-order valence-corrected chi connectivity index (χ2v) is 2.01. The van der Waals surface area contributed by atoms with Crippen molar-refractivity contribution in [2.45, 2.75) is 6.18 Å². The van der Waals surface area contributed by atoms with Crippen LogP contribution in [0.5, 0.6) is 0 Å². The van der Waals surface area contributed by atoms with Gasteiger partial charge in [-0.2, -0.15) is 13.2 Å². The average Bonchev–Trinajstić information content (AvgIpc) is 1.82. The van der Waals surface area contributed by atoms with Crippen LogP contribution in [0.1, 0.15) is 5.56 Å². The molecule has 5 heteroatoms.